The number of amides is 3. The van der Waals surface area contributed by atoms with Gasteiger partial charge in [-0.25, -0.2) is 0 Å². The summed E-state index contributed by atoms with van der Waals surface area (Å²) in [6.07, 6.45) is 3.23. The summed E-state index contributed by atoms with van der Waals surface area (Å²) in [4.78, 5) is 44.2. The van der Waals surface area contributed by atoms with Crippen LogP contribution in [0.2, 0.25) is 0 Å². The Hall–Kier alpha value is -3.71. The fourth-order valence-corrected chi connectivity index (χ4v) is 6.93. The normalized spacial score (nSPS) is 20.8. The number of hydrogen-bond donors (Lipinski definition) is 3. The van der Waals surface area contributed by atoms with Crippen LogP contribution in [0.1, 0.15) is 61.4 Å². The van der Waals surface area contributed by atoms with Crippen molar-refractivity contribution in [3.05, 3.63) is 53.6 Å². The van der Waals surface area contributed by atoms with Gasteiger partial charge in [-0.1, -0.05) is 25.5 Å². The Balaban J connectivity index is 1.18. The number of rotatable bonds is 14. The monoisotopic (exact) mass is 666 g/mol. The zero-order valence-electron chi connectivity index (χ0n) is 28.4. The van der Waals surface area contributed by atoms with Gasteiger partial charge in [0.15, 0.2) is 11.5 Å². The summed E-state index contributed by atoms with van der Waals surface area (Å²) in [6.45, 7) is 6.57. The minimum absolute atomic E-state index is 0.0686. The van der Waals surface area contributed by atoms with Crippen LogP contribution in [0.25, 0.3) is 0 Å². The molecule has 3 amide bonds. The second-order valence-corrected chi connectivity index (χ2v) is 12.9. The number of ether oxygens (including phenoxy) is 4. The molecule has 0 aliphatic carbocycles. The van der Waals surface area contributed by atoms with Crippen LogP contribution in [0.5, 0.6) is 17.2 Å². The number of aliphatic hydroxyl groups excluding tert-OH is 1. The highest BCUT2D eigenvalue weighted by Gasteiger charge is 2.55. The lowest BCUT2D eigenvalue weighted by Gasteiger charge is -2.52. The third-order valence-electron chi connectivity index (χ3n) is 9.84. The number of benzene rings is 2. The zero-order chi connectivity index (χ0) is 34.1. The molecule has 3 fully saturated rings. The first-order valence-corrected chi connectivity index (χ1v) is 17.1. The van der Waals surface area contributed by atoms with Crippen LogP contribution in [-0.4, -0.2) is 111 Å². The fourth-order valence-electron chi connectivity index (χ4n) is 6.93. The molecule has 3 aliphatic heterocycles. The number of carbonyl (C=O) groups is 3. The van der Waals surface area contributed by atoms with Gasteiger partial charge in [0, 0.05) is 58.6 Å². The number of likely N-dealkylation sites (tertiary alicyclic amines) is 1. The molecule has 3 saturated heterocycles. The van der Waals surface area contributed by atoms with E-state index in [1.54, 1.807) is 30.2 Å². The molecule has 262 valence electrons. The van der Waals surface area contributed by atoms with Crippen LogP contribution in [0, 0.1) is 5.92 Å². The molecule has 48 heavy (non-hydrogen) atoms. The minimum Gasteiger partial charge on any atom is -0.493 e. The number of unbranched alkanes of at least 4 members (excludes halogenated alkanes) is 1. The highest BCUT2D eigenvalue weighted by Crippen LogP contribution is 2.36. The molecule has 3 heterocycles. The summed E-state index contributed by atoms with van der Waals surface area (Å²) in [5.41, 5.74) is 0.663. The average Bonchev–Trinajstić information content (AvgIpc) is 3.11. The SMILES string of the molecule is CCCCN1C(=O)[C@@H]([C@H](O)C2CCOCC2)NC(=O)C12CCN(Cc1ccc(Oc3ccc(C(=O)NCCOC)cc3OC)cc1)CC2. The third kappa shape index (κ3) is 8.11. The maximum Gasteiger partial charge on any atom is 0.251 e. The first-order valence-electron chi connectivity index (χ1n) is 17.1. The van der Waals surface area contributed by atoms with Gasteiger partial charge in [0.05, 0.1) is 19.8 Å². The molecule has 3 aliphatic rings. The summed E-state index contributed by atoms with van der Waals surface area (Å²) in [5, 5.41) is 16.9. The van der Waals surface area contributed by atoms with E-state index < -0.39 is 17.7 Å². The molecule has 0 radical (unpaired) electrons. The van der Waals surface area contributed by atoms with E-state index in [0.29, 0.717) is 101 Å². The maximum absolute atomic E-state index is 13.9. The van der Waals surface area contributed by atoms with Crippen LogP contribution in [0.15, 0.2) is 42.5 Å². The molecule has 0 unspecified atom stereocenters. The van der Waals surface area contributed by atoms with Crippen molar-refractivity contribution in [1.29, 1.82) is 0 Å². The third-order valence-corrected chi connectivity index (χ3v) is 9.84. The van der Waals surface area contributed by atoms with Crippen molar-refractivity contribution in [2.45, 2.75) is 69.7 Å². The molecule has 0 bridgehead atoms. The number of nitrogens with zero attached hydrogens (tertiary/aromatic N) is 2. The molecule has 2 atom stereocenters. The summed E-state index contributed by atoms with van der Waals surface area (Å²) < 4.78 is 22.0. The molecule has 12 heteroatoms. The fraction of sp³-hybridized carbons (Fsp3) is 0.583. The molecular formula is C36H50N4O8. The zero-order valence-corrected chi connectivity index (χ0v) is 28.4. The number of piperidine rings is 1. The Kier molecular flexibility index (Phi) is 12.3. The van der Waals surface area contributed by atoms with E-state index in [0.717, 1.165) is 18.4 Å². The number of carbonyl (C=O) groups excluding carboxylic acids is 3. The number of piperazine rings is 1. The van der Waals surface area contributed by atoms with Gasteiger partial charge in [0.2, 0.25) is 11.8 Å². The first kappa shape index (κ1) is 35.6. The van der Waals surface area contributed by atoms with E-state index in [2.05, 4.69) is 22.5 Å². The second kappa shape index (κ2) is 16.6. The Morgan fingerprint density at radius 2 is 1.81 bits per heavy atom. The van der Waals surface area contributed by atoms with Gasteiger partial charge < -0.3 is 39.6 Å². The summed E-state index contributed by atoms with van der Waals surface area (Å²) >= 11 is 0. The van der Waals surface area contributed by atoms with Gasteiger partial charge in [0.25, 0.3) is 5.91 Å². The number of aliphatic hydroxyl groups is 1. The molecule has 1 spiro atoms. The minimum atomic E-state index is -0.919. The topological polar surface area (TPSA) is 139 Å². The quantitative estimate of drug-likeness (QED) is 0.260. The first-order chi connectivity index (χ1) is 23.3. The lowest BCUT2D eigenvalue weighted by molar-refractivity contribution is -0.166. The summed E-state index contributed by atoms with van der Waals surface area (Å²) in [6, 6.07) is 12.0. The van der Waals surface area contributed by atoms with Crippen LogP contribution in [0.3, 0.4) is 0 Å². The summed E-state index contributed by atoms with van der Waals surface area (Å²) in [5.74, 6) is 0.976. The second-order valence-electron chi connectivity index (χ2n) is 12.9. The van der Waals surface area contributed by atoms with Crippen molar-refractivity contribution in [3.63, 3.8) is 0 Å². The van der Waals surface area contributed by atoms with Crippen molar-refractivity contribution >= 4 is 17.7 Å². The van der Waals surface area contributed by atoms with Crippen molar-refractivity contribution in [2.24, 2.45) is 5.92 Å². The molecule has 0 saturated carbocycles. The van der Waals surface area contributed by atoms with Gasteiger partial charge >= 0.3 is 0 Å². The van der Waals surface area contributed by atoms with Gasteiger partial charge in [0.1, 0.15) is 17.3 Å². The van der Waals surface area contributed by atoms with E-state index >= 15 is 0 Å². The van der Waals surface area contributed by atoms with Gasteiger partial charge in [-0.05, 0) is 73.9 Å². The van der Waals surface area contributed by atoms with Crippen molar-refractivity contribution in [1.82, 2.24) is 20.4 Å². The largest absolute Gasteiger partial charge is 0.493 e. The van der Waals surface area contributed by atoms with Crippen molar-refractivity contribution in [2.75, 3.05) is 60.2 Å². The molecule has 0 aromatic heterocycles. The lowest BCUT2D eigenvalue weighted by Crippen LogP contribution is -2.75. The standard InChI is InChI=1S/C36H50N4O8/c1-4-5-17-40-34(43)31(32(41)26-12-20-47-21-13-26)38-35(44)36(40)14-18-39(19-15-36)24-25-6-9-28(10-7-25)48-29-11-8-27(23-30(29)46-3)33(42)37-16-22-45-2/h6-11,23,26,31-32,41H,4-5,12-22,24H2,1-3H3,(H,37,42)(H,38,44)/t31-,32-/m1/s1. The van der Waals surface area contributed by atoms with Crippen LogP contribution in [0.4, 0.5) is 0 Å². The van der Waals surface area contributed by atoms with E-state index in [1.807, 2.05) is 24.3 Å². The molecule has 2 aromatic carbocycles. The van der Waals surface area contributed by atoms with Gasteiger partial charge in [-0.2, -0.15) is 0 Å². The Labute approximate surface area is 283 Å². The van der Waals surface area contributed by atoms with E-state index in [-0.39, 0.29) is 23.6 Å². The smallest absolute Gasteiger partial charge is 0.251 e. The molecule has 12 nitrogen and oxygen atoms in total. The van der Waals surface area contributed by atoms with Crippen LogP contribution >= 0.6 is 0 Å². The Morgan fingerprint density at radius 1 is 1.08 bits per heavy atom. The predicted octanol–water partition coefficient (Wildman–Crippen LogP) is 3.11. The highest BCUT2D eigenvalue weighted by atomic mass is 16.5. The van der Waals surface area contributed by atoms with Gasteiger partial charge in [-0.15, -0.1) is 0 Å². The van der Waals surface area contributed by atoms with E-state index in [1.165, 1.54) is 7.11 Å². The van der Waals surface area contributed by atoms with Gasteiger partial charge in [-0.3, -0.25) is 19.3 Å². The van der Waals surface area contributed by atoms with E-state index in [9.17, 15) is 19.5 Å². The summed E-state index contributed by atoms with van der Waals surface area (Å²) in [7, 11) is 3.11. The highest BCUT2D eigenvalue weighted by molar-refractivity contribution is 6.00. The Morgan fingerprint density at radius 3 is 2.48 bits per heavy atom. The number of nitrogens with one attached hydrogen (secondary N) is 2. The molecular weight excluding hydrogens is 616 g/mol. The van der Waals surface area contributed by atoms with Crippen LogP contribution in [-0.2, 0) is 25.6 Å². The number of methoxy groups -OCH3 is 2. The molecule has 2 aromatic rings. The lowest BCUT2D eigenvalue weighted by atomic mass is 9.79. The van der Waals surface area contributed by atoms with E-state index in [4.69, 9.17) is 18.9 Å². The Bertz CT molecular complexity index is 1390. The molecule has 3 N–H and O–H groups in total. The number of hydrogen-bond acceptors (Lipinski definition) is 9. The molecule has 5 rings (SSSR count). The van der Waals surface area contributed by atoms with Crippen molar-refractivity contribution < 1.29 is 38.4 Å². The van der Waals surface area contributed by atoms with Crippen LogP contribution < -0.4 is 20.1 Å². The predicted molar refractivity (Wildman–Crippen MR) is 179 cm³/mol. The average molecular weight is 667 g/mol. The maximum atomic E-state index is 13.9. The van der Waals surface area contributed by atoms with Crippen molar-refractivity contribution in [3.8, 4) is 17.2 Å².